The van der Waals surface area contributed by atoms with Gasteiger partial charge in [-0.05, 0) is 31.9 Å². The first-order chi connectivity index (χ1) is 6.07. The predicted octanol–water partition coefficient (Wildman–Crippen LogP) is 3.80. The van der Waals surface area contributed by atoms with Crippen LogP contribution in [0, 0.1) is 11.6 Å². The van der Waals surface area contributed by atoms with Crippen LogP contribution in [-0.4, -0.2) is 6.86 Å². The Morgan fingerprint density at radius 2 is 1.85 bits per heavy atom. The van der Waals surface area contributed by atoms with Gasteiger partial charge in [-0.15, -0.1) is 0 Å². The second-order valence-corrected chi connectivity index (χ2v) is 3.64. The van der Waals surface area contributed by atoms with Crippen molar-refractivity contribution in [2.75, 3.05) is 6.86 Å². The number of ether oxygens (including phenoxy) is 1. The van der Waals surface area contributed by atoms with Crippen LogP contribution >= 0.6 is 31.9 Å². The molecule has 0 saturated heterocycles. The zero-order valence-electron chi connectivity index (χ0n) is 6.08. The van der Waals surface area contributed by atoms with E-state index in [0.29, 0.717) is 0 Å². The van der Waals surface area contributed by atoms with Crippen molar-refractivity contribution in [3.8, 4) is 5.75 Å². The fourth-order valence-corrected chi connectivity index (χ4v) is 1.39. The minimum Gasteiger partial charge on any atom is -0.460 e. The Hall–Kier alpha value is -0.230. The van der Waals surface area contributed by atoms with Crippen molar-refractivity contribution in [1.29, 1.82) is 0 Å². The molecule has 0 heterocycles. The normalized spacial score (nSPS) is 10.2. The van der Waals surface area contributed by atoms with Crippen LogP contribution in [0.1, 0.15) is 0 Å². The number of rotatable bonds is 2. The van der Waals surface area contributed by atoms with Crippen molar-refractivity contribution in [1.82, 2.24) is 0 Å². The number of hydrogen-bond donors (Lipinski definition) is 0. The molecule has 1 aromatic rings. The molecule has 1 aromatic carbocycles. The lowest BCUT2D eigenvalue weighted by molar-refractivity contribution is 0.183. The van der Waals surface area contributed by atoms with Gasteiger partial charge in [0.2, 0.25) is 6.86 Å². The second kappa shape index (κ2) is 4.32. The van der Waals surface area contributed by atoms with E-state index in [0.717, 1.165) is 6.07 Å². The average molecular weight is 320 g/mol. The summed E-state index contributed by atoms with van der Waals surface area (Å²) in [5.41, 5.74) is 0. The van der Waals surface area contributed by atoms with Crippen molar-refractivity contribution in [3.05, 3.63) is 26.6 Å². The molecule has 0 atom stereocenters. The molecule has 72 valence electrons. The fraction of sp³-hybridized carbons (Fsp3) is 0.143. The first-order valence-electron chi connectivity index (χ1n) is 3.09. The molecule has 0 aliphatic rings. The quantitative estimate of drug-likeness (QED) is 0.595. The summed E-state index contributed by atoms with van der Waals surface area (Å²) in [4.78, 5) is 0. The van der Waals surface area contributed by atoms with Crippen molar-refractivity contribution < 1.29 is 17.9 Å². The van der Waals surface area contributed by atoms with Gasteiger partial charge in [0.25, 0.3) is 0 Å². The summed E-state index contributed by atoms with van der Waals surface area (Å²) in [6.07, 6.45) is 0. The molecule has 1 nitrogen and oxygen atoms in total. The van der Waals surface area contributed by atoms with Crippen LogP contribution in [0.3, 0.4) is 0 Å². The number of alkyl halides is 1. The standard InChI is InChI=1S/C7H3Br2F3O/c8-5-3(11)1-4(13-2-10)7(12)6(5)9/h1H,2H2. The summed E-state index contributed by atoms with van der Waals surface area (Å²) >= 11 is 5.59. The SMILES string of the molecule is FCOc1cc(F)c(Br)c(Br)c1F. The monoisotopic (exact) mass is 318 g/mol. The van der Waals surface area contributed by atoms with Crippen LogP contribution in [0.15, 0.2) is 15.0 Å². The van der Waals surface area contributed by atoms with Crippen molar-refractivity contribution in [2.45, 2.75) is 0 Å². The lowest BCUT2D eigenvalue weighted by atomic mass is 10.3. The van der Waals surface area contributed by atoms with E-state index in [1.807, 2.05) is 0 Å². The van der Waals surface area contributed by atoms with Gasteiger partial charge in [0, 0.05) is 6.07 Å². The second-order valence-electron chi connectivity index (χ2n) is 2.05. The molecule has 6 heteroatoms. The summed E-state index contributed by atoms with van der Waals surface area (Å²) in [6, 6.07) is 0.768. The van der Waals surface area contributed by atoms with Crippen LogP contribution in [0.4, 0.5) is 13.2 Å². The van der Waals surface area contributed by atoms with E-state index in [1.54, 1.807) is 0 Å². The van der Waals surface area contributed by atoms with Crippen LogP contribution in [0.25, 0.3) is 0 Å². The molecule has 0 aliphatic carbocycles. The zero-order chi connectivity index (χ0) is 10.0. The zero-order valence-corrected chi connectivity index (χ0v) is 9.25. The summed E-state index contributed by atoms with van der Waals surface area (Å²) in [5, 5.41) is 0. The predicted molar refractivity (Wildman–Crippen MR) is 48.4 cm³/mol. The van der Waals surface area contributed by atoms with Crippen molar-refractivity contribution >= 4 is 31.9 Å². The third kappa shape index (κ3) is 2.17. The van der Waals surface area contributed by atoms with Gasteiger partial charge >= 0.3 is 0 Å². The van der Waals surface area contributed by atoms with E-state index in [4.69, 9.17) is 0 Å². The first-order valence-corrected chi connectivity index (χ1v) is 4.68. The van der Waals surface area contributed by atoms with E-state index in [2.05, 4.69) is 36.6 Å². The van der Waals surface area contributed by atoms with Crippen molar-refractivity contribution in [3.63, 3.8) is 0 Å². The summed E-state index contributed by atoms with van der Waals surface area (Å²) in [5.74, 6) is -2.03. The Balaban J connectivity index is 3.24. The molecule has 0 radical (unpaired) electrons. The minimum atomic E-state index is -1.20. The van der Waals surface area contributed by atoms with E-state index in [1.165, 1.54) is 0 Å². The van der Waals surface area contributed by atoms with Gasteiger partial charge in [-0.3, -0.25) is 0 Å². The van der Waals surface area contributed by atoms with E-state index in [9.17, 15) is 13.2 Å². The average Bonchev–Trinajstić information content (AvgIpc) is 2.11. The smallest absolute Gasteiger partial charge is 0.228 e. The van der Waals surface area contributed by atoms with Gasteiger partial charge in [0.1, 0.15) is 5.82 Å². The lowest BCUT2D eigenvalue weighted by Gasteiger charge is -2.06. The highest BCUT2D eigenvalue weighted by molar-refractivity contribution is 9.13. The van der Waals surface area contributed by atoms with E-state index < -0.39 is 24.2 Å². The maximum absolute atomic E-state index is 13.1. The molecule has 1 rings (SSSR count). The van der Waals surface area contributed by atoms with Gasteiger partial charge in [-0.1, -0.05) is 0 Å². The summed E-state index contributed by atoms with van der Waals surface area (Å²) in [6.45, 7) is -1.20. The number of halogens is 5. The third-order valence-electron chi connectivity index (χ3n) is 1.28. The highest BCUT2D eigenvalue weighted by Gasteiger charge is 2.15. The molecular formula is C7H3Br2F3O. The first kappa shape index (κ1) is 10.8. The molecule has 0 aromatic heterocycles. The lowest BCUT2D eigenvalue weighted by Crippen LogP contribution is -1.96. The maximum Gasteiger partial charge on any atom is 0.228 e. The van der Waals surface area contributed by atoms with Gasteiger partial charge in [-0.2, -0.15) is 0 Å². The van der Waals surface area contributed by atoms with Crippen LogP contribution in [-0.2, 0) is 0 Å². The van der Waals surface area contributed by atoms with Crippen LogP contribution < -0.4 is 4.74 Å². The van der Waals surface area contributed by atoms with Gasteiger partial charge in [-0.25, -0.2) is 13.2 Å². The molecule has 0 fully saturated rings. The van der Waals surface area contributed by atoms with Crippen LogP contribution in [0.5, 0.6) is 5.75 Å². The summed E-state index contributed by atoms with van der Waals surface area (Å²) < 4.78 is 41.7. The topological polar surface area (TPSA) is 9.23 Å². The van der Waals surface area contributed by atoms with Gasteiger partial charge < -0.3 is 4.74 Å². The number of benzene rings is 1. The molecule has 0 saturated carbocycles. The van der Waals surface area contributed by atoms with Gasteiger partial charge in [0.15, 0.2) is 11.6 Å². The molecule has 0 bridgehead atoms. The highest BCUT2D eigenvalue weighted by atomic mass is 79.9. The molecule has 0 unspecified atom stereocenters. The highest BCUT2D eigenvalue weighted by Crippen LogP contribution is 2.34. The Labute approximate surface area is 89.1 Å². The van der Waals surface area contributed by atoms with E-state index >= 15 is 0 Å². The molecule has 0 aliphatic heterocycles. The largest absolute Gasteiger partial charge is 0.460 e. The maximum atomic E-state index is 13.1. The Kier molecular flexibility index (Phi) is 3.61. The van der Waals surface area contributed by atoms with Crippen LogP contribution in [0.2, 0.25) is 0 Å². The van der Waals surface area contributed by atoms with Crippen molar-refractivity contribution in [2.24, 2.45) is 0 Å². The number of hydrogen-bond acceptors (Lipinski definition) is 1. The minimum absolute atomic E-state index is 0.0591. The molecule has 0 amide bonds. The molecule has 13 heavy (non-hydrogen) atoms. The third-order valence-corrected chi connectivity index (χ3v) is 3.33. The Morgan fingerprint density at radius 1 is 1.23 bits per heavy atom. The molecule has 0 spiro atoms. The summed E-state index contributed by atoms with van der Waals surface area (Å²) in [7, 11) is 0. The molecular weight excluding hydrogens is 317 g/mol. The Bertz CT molecular complexity index is 330. The molecule has 0 N–H and O–H groups in total. The van der Waals surface area contributed by atoms with Gasteiger partial charge in [0.05, 0.1) is 8.95 Å². The van der Waals surface area contributed by atoms with E-state index in [-0.39, 0.29) is 8.95 Å². The fourth-order valence-electron chi connectivity index (χ4n) is 0.715. The Morgan fingerprint density at radius 3 is 2.38 bits per heavy atom.